The molecule has 1 aromatic rings. The van der Waals surface area contributed by atoms with Crippen molar-refractivity contribution in [1.29, 1.82) is 0 Å². The summed E-state index contributed by atoms with van der Waals surface area (Å²) in [5.41, 5.74) is 2.71. The third-order valence-corrected chi connectivity index (χ3v) is 3.90. The van der Waals surface area contributed by atoms with Crippen LogP contribution >= 0.6 is 0 Å². The molecule has 1 saturated heterocycles. The lowest BCUT2D eigenvalue weighted by molar-refractivity contribution is 0.214. The molecule has 1 aromatic carbocycles. The van der Waals surface area contributed by atoms with Gasteiger partial charge in [-0.1, -0.05) is 32.0 Å². The van der Waals surface area contributed by atoms with E-state index in [-0.39, 0.29) is 18.2 Å². The Hall–Kier alpha value is -1.06. The second-order valence-corrected chi connectivity index (χ2v) is 6.44. The Labute approximate surface area is 116 Å². The van der Waals surface area contributed by atoms with Crippen LogP contribution in [0, 0.1) is 0 Å². The molecule has 0 bridgehead atoms. The number of piperazine rings is 1. The van der Waals surface area contributed by atoms with Gasteiger partial charge in [-0.25, -0.2) is 0 Å². The van der Waals surface area contributed by atoms with Crippen LogP contribution in [0.25, 0.3) is 0 Å². The molecule has 1 aliphatic rings. The van der Waals surface area contributed by atoms with Crippen LogP contribution in [0.2, 0.25) is 0 Å². The zero-order valence-electron chi connectivity index (χ0n) is 12.5. The van der Waals surface area contributed by atoms with E-state index in [1.807, 2.05) is 0 Å². The normalized spacial score (nSPS) is 22.8. The molecule has 2 N–H and O–H groups in total. The van der Waals surface area contributed by atoms with Gasteiger partial charge in [-0.2, -0.15) is 0 Å². The van der Waals surface area contributed by atoms with Crippen LogP contribution in [0.3, 0.4) is 0 Å². The van der Waals surface area contributed by atoms with Gasteiger partial charge in [-0.05, 0) is 31.4 Å². The molecule has 3 heteroatoms. The van der Waals surface area contributed by atoms with E-state index in [0.717, 1.165) is 13.1 Å². The first-order valence-electron chi connectivity index (χ1n) is 7.16. The first kappa shape index (κ1) is 14.4. The van der Waals surface area contributed by atoms with Crippen LogP contribution in [-0.2, 0) is 0 Å². The molecule has 1 heterocycles. The number of benzene rings is 1. The summed E-state index contributed by atoms with van der Waals surface area (Å²) in [5.74, 6) is 0.494. The average molecular weight is 262 g/mol. The summed E-state index contributed by atoms with van der Waals surface area (Å²) in [4.78, 5) is 2.37. The quantitative estimate of drug-likeness (QED) is 0.878. The van der Waals surface area contributed by atoms with Crippen LogP contribution in [0.1, 0.15) is 39.2 Å². The van der Waals surface area contributed by atoms with E-state index in [1.165, 1.54) is 11.3 Å². The van der Waals surface area contributed by atoms with Gasteiger partial charge >= 0.3 is 0 Å². The lowest BCUT2D eigenvalue weighted by Gasteiger charge is -2.46. The van der Waals surface area contributed by atoms with Gasteiger partial charge in [0.15, 0.2) is 0 Å². The topological polar surface area (TPSA) is 35.5 Å². The van der Waals surface area contributed by atoms with Crippen LogP contribution in [0.15, 0.2) is 24.3 Å². The molecule has 1 fully saturated rings. The smallest absolute Gasteiger partial charge is 0.0647 e. The summed E-state index contributed by atoms with van der Waals surface area (Å²) >= 11 is 0. The van der Waals surface area contributed by atoms with E-state index in [4.69, 9.17) is 0 Å². The third kappa shape index (κ3) is 3.10. The van der Waals surface area contributed by atoms with E-state index in [1.54, 1.807) is 0 Å². The largest absolute Gasteiger partial charge is 0.394 e. The average Bonchev–Trinajstić information content (AvgIpc) is 2.37. The summed E-state index contributed by atoms with van der Waals surface area (Å²) in [7, 11) is 0. The minimum absolute atomic E-state index is 0.0791. The molecule has 0 aromatic heterocycles. The maximum atomic E-state index is 9.64. The highest BCUT2D eigenvalue weighted by Crippen LogP contribution is 2.31. The molecule has 1 aliphatic heterocycles. The SMILES string of the molecule is CC(C)c1ccccc1N1CC(C)(C)NCC1CO. The van der Waals surface area contributed by atoms with Gasteiger partial charge in [0, 0.05) is 24.3 Å². The zero-order valence-corrected chi connectivity index (χ0v) is 12.5. The van der Waals surface area contributed by atoms with Gasteiger partial charge in [0.1, 0.15) is 0 Å². The fraction of sp³-hybridized carbons (Fsp3) is 0.625. The fourth-order valence-corrected chi connectivity index (χ4v) is 2.80. The monoisotopic (exact) mass is 262 g/mol. The van der Waals surface area contributed by atoms with Crippen LogP contribution < -0.4 is 10.2 Å². The van der Waals surface area contributed by atoms with Gasteiger partial charge in [0.05, 0.1) is 12.6 Å². The molecule has 0 saturated carbocycles. The number of nitrogens with one attached hydrogen (secondary N) is 1. The molecule has 1 unspecified atom stereocenters. The molecule has 0 aliphatic carbocycles. The lowest BCUT2D eigenvalue weighted by Crippen LogP contribution is -2.63. The highest BCUT2D eigenvalue weighted by molar-refractivity contribution is 5.56. The molecule has 2 rings (SSSR count). The molecule has 3 nitrogen and oxygen atoms in total. The summed E-state index contributed by atoms with van der Waals surface area (Å²) in [6.45, 7) is 10.8. The minimum Gasteiger partial charge on any atom is -0.394 e. The standard InChI is InChI=1S/C16H26N2O/c1-12(2)14-7-5-6-8-15(14)18-11-16(3,4)17-9-13(18)10-19/h5-8,12-13,17,19H,9-11H2,1-4H3. The summed E-state index contributed by atoms with van der Waals surface area (Å²) in [5, 5.41) is 13.1. The van der Waals surface area contributed by atoms with Gasteiger partial charge < -0.3 is 15.3 Å². The fourth-order valence-electron chi connectivity index (χ4n) is 2.80. The molecule has 0 spiro atoms. The summed E-state index contributed by atoms with van der Waals surface area (Å²) in [6, 6.07) is 8.72. The number of hydrogen-bond acceptors (Lipinski definition) is 3. The first-order valence-corrected chi connectivity index (χ1v) is 7.16. The number of hydrogen-bond donors (Lipinski definition) is 2. The molecule has 0 amide bonds. The summed E-state index contributed by atoms with van der Waals surface area (Å²) in [6.07, 6.45) is 0. The van der Waals surface area contributed by atoms with Crippen molar-refractivity contribution in [2.45, 2.75) is 45.2 Å². The Morgan fingerprint density at radius 2 is 2.05 bits per heavy atom. The molecular weight excluding hydrogens is 236 g/mol. The minimum atomic E-state index is 0.0791. The highest BCUT2D eigenvalue weighted by atomic mass is 16.3. The van der Waals surface area contributed by atoms with E-state index >= 15 is 0 Å². The van der Waals surface area contributed by atoms with Crippen LogP contribution in [-0.4, -0.2) is 36.4 Å². The van der Waals surface area contributed by atoms with Crippen molar-refractivity contribution < 1.29 is 5.11 Å². The Balaban J connectivity index is 2.37. The molecule has 19 heavy (non-hydrogen) atoms. The van der Waals surface area contributed by atoms with E-state index < -0.39 is 0 Å². The maximum Gasteiger partial charge on any atom is 0.0647 e. The number of aliphatic hydroxyl groups is 1. The van der Waals surface area contributed by atoms with E-state index in [9.17, 15) is 5.11 Å². The van der Waals surface area contributed by atoms with E-state index in [2.05, 4.69) is 62.2 Å². The summed E-state index contributed by atoms with van der Waals surface area (Å²) < 4.78 is 0. The predicted octanol–water partition coefficient (Wildman–Crippen LogP) is 2.36. The highest BCUT2D eigenvalue weighted by Gasteiger charge is 2.33. The zero-order chi connectivity index (χ0) is 14.0. The van der Waals surface area contributed by atoms with Crippen molar-refractivity contribution in [1.82, 2.24) is 5.32 Å². The second-order valence-electron chi connectivity index (χ2n) is 6.44. The van der Waals surface area contributed by atoms with Crippen molar-refractivity contribution in [2.24, 2.45) is 0 Å². The molecule has 106 valence electrons. The van der Waals surface area contributed by atoms with Crippen molar-refractivity contribution in [3.63, 3.8) is 0 Å². The lowest BCUT2D eigenvalue weighted by atomic mass is 9.94. The Morgan fingerprint density at radius 3 is 2.68 bits per heavy atom. The Morgan fingerprint density at radius 1 is 1.37 bits per heavy atom. The maximum absolute atomic E-state index is 9.64. The Kier molecular flexibility index (Phi) is 4.16. The van der Waals surface area contributed by atoms with E-state index in [0.29, 0.717) is 5.92 Å². The van der Waals surface area contributed by atoms with Crippen LogP contribution in [0.4, 0.5) is 5.69 Å². The number of rotatable bonds is 3. The number of nitrogens with zero attached hydrogens (tertiary/aromatic N) is 1. The predicted molar refractivity (Wildman–Crippen MR) is 80.8 cm³/mol. The van der Waals surface area contributed by atoms with Gasteiger partial charge in [-0.3, -0.25) is 0 Å². The molecular formula is C16H26N2O. The first-order chi connectivity index (χ1) is 8.94. The van der Waals surface area contributed by atoms with Crippen molar-refractivity contribution in [3.8, 4) is 0 Å². The molecule has 1 atom stereocenters. The third-order valence-electron chi connectivity index (χ3n) is 3.90. The van der Waals surface area contributed by atoms with Crippen molar-refractivity contribution in [2.75, 3.05) is 24.6 Å². The van der Waals surface area contributed by atoms with Gasteiger partial charge in [0.2, 0.25) is 0 Å². The number of para-hydroxylation sites is 1. The Bertz CT molecular complexity index is 429. The van der Waals surface area contributed by atoms with Crippen molar-refractivity contribution in [3.05, 3.63) is 29.8 Å². The number of aliphatic hydroxyl groups excluding tert-OH is 1. The van der Waals surface area contributed by atoms with Gasteiger partial charge in [0.25, 0.3) is 0 Å². The second kappa shape index (κ2) is 5.51. The molecule has 0 radical (unpaired) electrons. The van der Waals surface area contributed by atoms with Crippen molar-refractivity contribution >= 4 is 5.69 Å². The van der Waals surface area contributed by atoms with Crippen LogP contribution in [0.5, 0.6) is 0 Å². The number of anilines is 1. The van der Waals surface area contributed by atoms with Gasteiger partial charge in [-0.15, -0.1) is 0 Å².